The predicted octanol–water partition coefficient (Wildman–Crippen LogP) is 1.45. The van der Waals surface area contributed by atoms with Gasteiger partial charge in [0.05, 0.1) is 11.8 Å². The number of carbonyl (C=O) groups excluding carboxylic acids is 1. The van der Waals surface area contributed by atoms with Crippen molar-refractivity contribution in [3.8, 4) is 0 Å². The molecule has 3 N–H and O–H groups in total. The lowest BCUT2D eigenvalue weighted by Gasteiger charge is -2.18. The summed E-state index contributed by atoms with van der Waals surface area (Å²) in [5.41, 5.74) is 0.729. The molecular weight excluding hydrogens is 302 g/mol. The summed E-state index contributed by atoms with van der Waals surface area (Å²) >= 11 is 5.67. The van der Waals surface area contributed by atoms with E-state index < -0.39 is 35.9 Å². The number of nitrogens with one attached hydrogen (secondary N) is 1. The number of alkyl halides is 1. The highest BCUT2D eigenvalue weighted by molar-refractivity contribution is 6.23. The zero-order valence-corrected chi connectivity index (χ0v) is 11.6. The van der Waals surface area contributed by atoms with Crippen molar-refractivity contribution < 1.29 is 29.3 Å². The van der Waals surface area contributed by atoms with Gasteiger partial charge < -0.3 is 20.3 Å². The van der Waals surface area contributed by atoms with Gasteiger partial charge in [0, 0.05) is 0 Å². The number of carboxylic acids is 2. The average molecular weight is 316 g/mol. The minimum absolute atomic E-state index is 0.0368. The zero-order chi connectivity index (χ0) is 15.8. The largest absolute Gasteiger partial charge is 0.481 e. The van der Waals surface area contributed by atoms with Crippen molar-refractivity contribution in [1.82, 2.24) is 5.32 Å². The highest BCUT2D eigenvalue weighted by Gasteiger charge is 2.30. The molecule has 0 aliphatic heterocycles. The first-order chi connectivity index (χ1) is 9.90. The molecule has 2 unspecified atom stereocenters. The van der Waals surface area contributed by atoms with E-state index in [0.29, 0.717) is 0 Å². The summed E-state index contributed by atoms with van der Waals surface area (Å²) < 4.78 is 4.84. The molecule has 0 saturated heterocycles. The summed E-state index contributed by atoms with van der Waals surface area (Å²) in [6.07, 6.45) is -1.58. The molecular formula is C13H14ClNO6. The second-order valence-corrected chi connectivity index (χ2v) is 4.70. The molecule has 1 aromatic carbocycles. The summed E-state index contributed by atoms with van der Waals surface area (Å²) in [6.45, 7) is -0.0368. The molecule has 2 atom stereocenters. The molecule has 8 heteroatoms. The van der Waals surface area contributed by atoms with Gasteiger partial charge in [0.15, 0.2) is 0 Å². The quantitative estimate of drug-likeness (QED) is 0.656. The number of carboxylic acid groups (broad SMARTS) is 2. The van der Waals surface area contributed by atoms with Crippen molar-refractivity contribution in [3.63, 3.8) is 0 Å². The van der Waals surface area contributed by atoms with Gasteiger partial charge in [0.2, 0.25) is 0 Å². The average Bonchev–Trinajstić information content (AvgIpc) is 2.42. The van der Waals surface area contributed by atoms with Crippen LogP contribution in [-0.4, -0.2) is 39.7 Å². The van der Waals surface area contributed by atoms with Crippen LogP contribution in [0.5, 0.6) is 0 Å². The summed E-state index contributed by atoms with van der Waals surface area (Å²) in [4.78, 5) is 33.0. The smallest absolute Gasteiger partial charge is 0.408 e. The lowest BCUT2D eigenvalue weighted by Crippen LogP contribution is -2.47. The molecule has 1 rings (SSSR count). The van der Waals surface area contributed by atoms with Crippen LogP contribution < -0.4 is 5.32 Å². The Bertz CT molecular complexity index is 507. The molecule has 21 heavy (non-hydrogen) atoms. The van der Waals surface area contributed by atoms with Crippen LogP contribution in [0.25, 0.3) is 0 Å². The van der Waals surface area contributed by atoms with E-state index in [0.717, 1.165) is 5.56 Å². The van der Waals surface area contributed by atoms with Crippen molar-refractivity contribution >= 4 is 29.6 Å². The molecule has 0 heterocycles. The number of hydrogen-bond donors (Lipinski definition) is 3. The van der Waals surface area contributed by atoms with E-state index in [9.17, 15) is 14.4 Å². The van der Waals surface area contributed by atoms with E-state index in [1.807, 2.05) is 5.32 Å². The summed E-state index contributed by atoms with van der Waals surface area (Å²) in [5.74, 6) is -2.70. The predicted molar refractivity (Wildman–Crippen MR) is 73.1 cm³/mol. The van der Waals surface area contributed by atoms with E-state index >= 15 is 0 Å². The maximum Gasteiger partial charge on any atom is 0.408 e. The Labute approximate surface area is 125 Å². The fourth-order valence-corrected chi connectivity index (χ4v) is 1.79. The van der Waals surface area contributed by atoms with Crippen LogP contribution in [0.3, 0.4) is 0 Å². The third-order valence-electron chi connectivity index (χ3n) is 2.48. The minimum Gasteiger partial charge on any atom is -0.481 e. The molecule has 0 spiro atoms. The van der Waals surface area contributed by atoms with E-state index in [-0.39, 0.29) is 6.61 Å². The Morgan fingerprint density at radius 3 is 2.33 bits per heavy atom. The molecule has 1 aromatic rings. The Balaban J connectivity index is 2.52. The third kappa shape index (κ3) is 6.13. The van der Waals surface area contributed by atoms with Crippen molar-refractivity contribution in [3.05, 3.63) is 35.9 Å². The summed E-state index contributed by atoms with van der Waals surface area (Å²) in [6, 6.07) is 7.24. The van der Waals surface area contributed by atoms with Gasteiger partial charge in [-0.2, -0.15) is 0 Å². The maximum atomic E-state index is 11.5. The van der Waals surface area contributed by atoms with Gasteiger partial charge in [-0.15, -0.1) is 11.6 Å². The lowest BCUT2D eigenvalue weighted by atomic mass is 10.1. The number of amides is 1. The zero-order valence-electron chi connectivity index (χ0n) is 10.9. The van der Waals surface area contributed by atoms with Crippen LogP contribution >= 0.6 is 11.6 Å². The Morgan fingerprint density at radius 1 is 1.19 bits per heavy atom. The van der Waals surface area contributed by atoms with E-state index in [1.165, 1.54) is 0 Å². The molecule has 7 nitrogen and oxygen atoms in total. The number of hydrogen-bond acceptors (Lipinski definition) is 4. The summed E-state index contributed by atoms with van der Waals surface area (Å²) in [5, 5.41) is 18.3. The second kappa shape index (κ2) is 8.11. The molecule has 0 bridgehead atoms. The number of halogens is 1. The fourth-order valence-electron chi connectivity index (χ4n) is 1.48. The van der Waals surface area contributed by atoms with Crippen molar-refractivity contribution in [2.45, 2.75) is 24.4 Å². The lowest BCUT2D eigenvalue weighted by molar-refractivity contribution is -0.140. The van der Waals surface area contributed by atoms with Crippen LogP contribution in [0.1, 0.15) is 12.0 Å². The van der Waals surface area contributed by atoms with Crippen LogP contribution in [0, 0.1) is 0 Å². The number of ether oxygens (including phenoxy) is 1. The van der Waals surface area contributed by atoms with Gasteiger partial charge in [-0.25, -0.2) is 9.59 Å². The van der Waals surface area contributed by atoms with Crippen LogP contribution in [0.2, 0.25) is 0 Å². The molecule has 0 aliphatic carbocycles. The molecule has 0 radical (unpaired) electrons. The van der Waals surface area contributed by atoms with Crippen LogP contribution in [0.15, 0.2) is 30.3 Å². The molecule has 114 valence electrons. The SMILES string of the molecule is O=C(O)CC(Cl)C(NC(=O)OCc1ccccc1)C(=O)O. The number of rotatable bonds is 7. The number of carbonyl (C=O) groups is 3. The van der Waals surface area contributed by atoms with Crippen molar-refractivity contribution in [2.24, 2.45) is 0 Å². The van der Waals surface area contributed by atoms with Gasteiger partial charge in [0.1, 0.15) is 12.6 Å². The first-order valence-corrected chi connectivity index (χ1v) is 6.39. The van der Waals surface area contributed by atoms with Gasteiger partial charge in [-0.3, -0.25) is 4.79 Å². The highest BCUT2D eigenvalue weighted by Crippen LogP contribution is 2.09. The van der Waals surface area contributed by atoms with Gasteiger partial charge in [0.25, 0.3) is 0 Å². The number of aliphatic carboxylic acids is 2. The van der Waals surface area contributed by atoms with Crippen LogP contribution in [-0.2, 0) is 20.9 Å². The van der Waals surface area contributed by atoms with Gasteiger partial charge in [-0.1, -0.05) is 30.3 Å². The first-order valence-electron chi connectivity index (χ1n) is 5.96. The Morgan fingerprint density at radius 2 is 1.81 bits per heavy atom. The van der Waals surface area contributed by atoms with Gasteiger partial charge >= 0.3 is 18.0 Å². The van der Waals surface area contributed by atoms with Crippen LogP contribution in [0.4, 0.5) is 4.79 Å². The van der Waals surface area contributed by atoms with Crippen molar-refractivity contribution in [1.29, 1.82) is 0 Å². The Kier molecular flexibility index (Phi) is 6.48. The van der Waals surface area contributed by atoms with E-state index in [2.05, 4.69) is 0 Å². The number of alkyl carbamates (subject to hydrolysis) is 1. The maximum absolute atomic E-state index is 11.5. The molecule has 0 aliphatic rings. The topological polar surface area (TPSA) is 113 Å². The van der Waals surface area contributed by atoms with E-state index in [1.54, 1.807) is 30.3 Å². The third-order valence-corrected chi connectivity index (χ3v) is 2.89. The molecule has 1 amide bonds. The fraction of sp³-hybridized carbons (Fsp3) is 0.308. The molecule has 0 aromatic heterocycles. The minimum atomic E-state index is -1.55. The summed E-state index contributed by atoms with van der Waals surface area (Å²) in [7, 11) is 0. The molecule has 0 fully saturated rings. The highest BCUT2D eigenvalue weighted by atomic mass is 35.5. The molecule has 0 saturated carbocycles. The normalized spacial score (nSPS) is 13.0. The second-order valence-electron chi connectivity index (χ2n) is 4.14. The van der Waals surface area contributed by atoms with E-state index in [4.69, 9.17) is 26.6 Å². The standard InChI is InChI=1S/C13H14ClNO6/c14-9(6-10(16)17)11(12(18)19)15-13(20)21-7-8-4-2-1-3-5-8/h1-5,9,11H,6-7H2,(H,15,20)(H,16,17)(H,18,19). The monoisotopic (exact) mass is 315 g/mol. The first kappa shape index (κ1) is 16.8. The van der Waals surface area contributed by atoms with Crippen molar-refractivity contribution in [2.75, 3.05) is 0 Å². The van der Waals surface area contributed by atoms with Gasteiger partial charge in [-0.05, 0) is 5.56 Å². The number of benzene rings is 1. The Hall–Kier alpha value is -2.28.